The standard InChI is InChI=1S/C15H23N3O/c1-17(14-8-9-16-10-14)12-15(19)18(2)11-13-6-4-3-5-7-13/h3-7,14,16H,8-12H2,1-2H3. The van der Waals surface area contributed by atoms with Gasteiger partial charge in [-0.15, -0.1) is 0 Å². The van der Waals surface area contributed by atoms with E-state index in [1.807, 2.05) is 44.4 Å². The third-order valence-corrected chi connectivity index (χ3v) is 3.73. The van der Waals surface area contributed by atoms with Crippen molar-refractivity contribution in [3.05, 3.63) is 35.9 Å². The smallest absolute Gasteiger partial charge is 0.236 e. The molecular formula is C15H23N3O. The lowest BCUT2D eigenvalue weighted by Gasteiger charge is -2.26. The van der Waals surface area contributed by atoms with Crippen LogP contribution in [0.5, 0.6) is 0 Å². The van der Waals surface area contributed by atoms with Crippen LogP contribution in [-0.4, -0.2) is 55.5 Å². The first-order chi connectivity index (χ1) is 9.16. The van der Waals surface area contributed by atoms with Crippen molar-refractivity contribution in [3.63, 3.8) is 0 Å². The highest BCUT2D eigenvalue weighted by Crippen LogP contribution is 2.07. The lowest BCUT2D eigenvalue weighted by molar-refractivity contribution is -0.131. The number of nitrogens with one attached hydrogen (secondary N) is 1. The molecule has 0 aliphatic carbocycles. The Bertz CT molecular complexity index is 401. The molecule has 1 atom stereocenters. The molecule has 104 valence electrons. The minimum absolute atomic E-state index is 0.179. The molecule has 0 aromatic heterocycles. The van der Waals surface area contributed by atoms with Crippen molar-refractivity contribution >= 4 is 5.91 Å². The van der Waals surface area contributed by atoms with E-state index in [1.54, 1.807) is 4.90 Å². The van der Waals surface area contributed by atoms with Crippen LogP contribution in [0.4, 0.5) is 0 Å². The summed E-state index contributed by atoms with van der Waals surface area (Å²) in [5.41, 5.74) is 1.17. The average molecular weight is 261 g/mol. The third-order valence-electron chi connectivity index (χ3n) is 3.73. The van der Waals surface area contributed by atoms with E-state index in [9.17, 15) is 4.79 Å². The van der Waals surface area contributed by atoms with E-state index in [-0.39, 0.29) is 5.91 Å². The lowest BCUT2D eigenvalue weighted by Crippen LogP contribution is -2.42. The van der Waals surface area contributed by atoms with Gasteiger partial charge in [0.1, 0.15) is 0 Å². The molecular weight excluding hydrogens is 238 g/mol. The number of carbonyl (C=O) groups is 1. The molecule has 1 aliphatic heterocycles. The van der Waals surface area contributed by atoms with Crippen LogP contribution in [0.3, 0.4) is 0 Å². The summed E-state index contributed by atoms with van der Waals surface area (Å²) in [6.07, 6.45) is 1.13. The minimum atomic E-state index is 0.179. The van der Waals surface area contributed by atoms with Gasteiger partial charge in [-0.25, -0.2) is 0 Å². The summed E-state index contributed by atoms with van der Waals surface area (Å²) in [5.74, 6) is 0.179. The molecule has 4 heteroatoms. The van der Waals surface area contributed by atoms with Crippen LogP contribution in [0.25, 0.3) is 0 Å². The fraction of sp³-hybridized carbons (Fsp3) is 0.533. The van der Waals surface area contributed by atoms with Gasteiger partial charge in [0, 0.05) is 26.2 Å². The SMILES string of the molecule is CN(Cc1ccccc1)C(=O)CN(C)C1CCNC1. The molecule has 19 heavy (non-hydrogen) atoms. The topological polar surface area (TPSA) is 35.6 Å². The monoisotopic (exact) mass is 261 g/mol. The molecule has 1 unspecified atom stereocenters. The molecule has 0 radical (unpaired) electrons. The second kappa shape index (κ2) is 6.68. The predicted octanol–water partition coefficient (Wildman–Crippen LogP) is 0.939. The molecule has 1 aromatic rings. The van der Waals surface area contributed by atoms with E-state index in [2.05, 4.69) is 10.2 Å². The number of nitrogens with zero attached hydrogens (tertiary/aromatic N) is 2. The van der Waals surface area contributed by atoms with Gasteiger partial charge in [0.2, 0.25) is 5.91 Å². The number of benzene rings is 1. The van der Waals surface area contributed by atoms with Crippen LogP contribution in [0.1, 0.15) is 12.0 Å². The highest BCUT2D eigenvalue weighted by atomic mass is 16.2. The van der Waals surface area contributed by atoms with E-state index < -0.39 is 0 Å². The largest absolute Gasteiger partial charge is 0.340 e. The Kier molecular flexibility index (Phi) is 4.93. The van der Waals surface area contributed by atoms with Crippen LogP contribution in [0, 0.1) is 0 Å². The number of hydrogen-bond acceptors (Lipinski definition) is 3. The van der Waals surface area contributed by atoms with Gasteiger partial charge in [-0.05, 0) is 25.6 Å². The number of likely N-dealkylation sites (N-methyl/N-ethyl adjacent to an activating group) is 2. The van der Waals surface area contributed by atoms with Crippen molar-refractivity contribution in [1.82, 2.24) is 15.1 Å². The van der Waals surface area contributed by atoms with Gasteiger partial charge in [-0.3, -0.25) is 9.69 Å². The van der Waals surface area contributed by atoms with Crippen molar-refractivity contribution in [2.24, 2.45) is 0 Å². The molecule has 0 saturated carbocycles. The summed E-state index contributed by atoms with van der Waals surface area (Å²) in [5, 5.41) is 3.33. The molecule has 2 rings (SSSR count). The molecule has 0 spiro atoms. The van der Waals surface area contributed by atoms with Crippen LogP contribution < -0.4 is 5.32 Å². The normalized spacial score (nSPS) is 18.8. The number of carbonyl (C=O) groups excluding carboxylic acids is 1. The van der Waals surface area contributed by atoms with Crippen molar-refractivity contribution in [3.8, 4) is 0 Å². The quantitative estimate of drug-likeness (QED) is 0.857. The number of amides is 1. The van der Waals surface area contributed by atoms with Gasteiger partial charge in [0.05, 0.1) is 6.54 Å². The summed E-state index contributed by atoms with van der Waals surface area (Å²) in [4.78, 5) is 16.1. The molecule has 4 nitrogen and oxygen atoms in total. The molecule has 0 bridgehead atoms. The Morgan fingerprint density at radius 2 is 2.05 bits per heavy atom. The first-order valence-electron chi connectivity index (χ1n) is 6.85. The highest BCUT2D eigenvalue weighted by Gasteiger charge is 2.22. The van der Waals surface area contributed by atoms with Gasteiger partial charge in [-0.1, -0.05) is 30.3 Å². The fourth-order valence-corrected chi connectivity index (χ4v) is 2.42. The summed E-state index contributed by atoms with van der Waals surface area (Å²) >= 11 is 0. The van der Waals surface area contributed by atoms with Crippen molar-refractivity contribution in [2.75, 3.05) is 33.7 Å². The zero-order valence-electron chi connectivity index (χ0n) is 11.8. The average Bonchev–Trinajstić information content (AvgIpc) is 2.93. The molecule has 1 N–H and O–H groups in total. The summed E-state index contributed by atoms with van der Waals surface area (Å²) in [7, 11) is 3.90. The van der Waals surface area contributed by atoms with E-state index >= 15 is 0 Å². The van der Waals surface area contributed by atoms with E-state index in [0.29, 0.717) is 19.1 Å². The number of rotatable bonds is 5. The van der Waals surface area contributed by atoms with Crippen LogP contribution in [-0.2, 0) is 11.3 Å². The molecule has 1 heterocycles. The minimum Gasteiger partial charge on any atom is -0.340 e. The zero-order chi connectivity index (χ0) is 13.7. The van der Waals surface area contributed by atoms with E-state index in [0.717, 1.165) is 19.5 Å². The van der Waals surface area contributed by atoms with Gasteiger partial charge in [-0.2, -0.15) is 0 Å². The Hall–Kier alpha value is -1.39. The second-order valence-electron chi connectivity index (χ2n) is 5.30. The first kappa shape index (κ1) is 14.0. The van der Waals surface area contributed by atoms with E-state index in [4.69, 9.17) is 0 Å². The lowest BCUT2D eigenvalue weighted by atomic mass is 10.2. The Morgan fingerprint density at radius 1 is 1.32 bits per heavy atom. The second-order valence-corrected chi connectivity index (χ2v) is 5.30. The van der Waals surface area contributed by atoms with Crippen LogP contribution >= 0.6 is 0 Å². The number of hydrogen-bond donors (Lipinski definition) is 1. The maximum Gasteiger partial charge on any atom is 0.236 e. The summed E-state index contributed by atoms with van der Waals surface area (Å²) in [6, 6.07) is 10.6. The fourth-order valence-electron chi connectivity index (χ4n) is 2.42. The molecule has 1 fully saturated rings. The summed E-state index contributed by atoms with van der Waals surface area (Å²) in [6.45, 7) is 3.22. The maximum atomic E-state index is 12.2. The molecule has 1 aromatic carbocycles. The van der Waals surface area contributed by atoms with Gasteiger partial charge < -0.3 is 10.2 Å². The zero-order valence-corrected chi connectivity index (χ0v) is 11.8. The Labute approximate surface area is 115 Å². The van der Waals surface area contributed by atoms with Gasteiger partial charge >= 0.3 is 0 Å². The highest BCUT2D eigenvalue weighted by molar-refractivity contribution is 5.78. The van der Waals surface area contributed by atoms with Gasteiger partial charge in [0.15, 0.2) is 0 Å². The van der Waals surface area contributed by atoms with E-state index in [1.165, 1.54) is 5.56 Å². The van der Waals surface area contributed by atoms with Crippen molar-refractivity contribution < 1.29 is 4.79 Å². The Morgan fingerprint density at radius 3 is 2.68 bits per heavy atom. The maximum absolute atomic E-state index is 12.2. The van der Waals surface area contributed by atoms with Crippen molar-refractivity contribution in [2.45, 2.75) is 19.0 Å². The van der Waals surface area contributed by atoms with Crippen LogP contribution in [0.15, 0.2) is 30.3 Å². The molecule has 1 amide bonds. The molecule has 1 saturated heterocycles. The van der Waals surface area contributed by atoms with Crippen molar-refractivity contribution in [1.29, 1.82) is 0 Å². The van der Waals surface area contributed by atoms with Crippen LogP contribution in [0.2, 0.25) is 0 Å². The van der Waals surface area contributed by atoms with Gasteiger partial charge in [0.25, 0.3) is 0 Å². The predicted molar refractivity (Wildman–Crippen MR) is 76.8 cm³/mol. The molecule has 1 aliphatic rings. The summed E-state index contributed by atoms with van der Waals surface area (Å²) < 4.78 is 0. The first-order valence-corrected chi connectivity index (χ1v) is 6.85. The Balaban J connectivity index is 1.82. The third kappa shape index (κ3) is 4.04.